The highest BCUT2D eigenvalue weighted by Crippen LogP contribution is 2.14. The number of anilines is 1. The van der Waals surface area contributed by atoms with Crippen LogP contribution < -0.4 is 5.32 Å². The van der Waals surface area contributed by atoms with Gasteiger partial charge in [0.2, 0.25) is 0 Å². The van der Waals surface area contributed by atoms with E-state index in [4.69, 9.17) is 9.47 Å². The predicted octanol–water partition coefficient (Wildman–Crippen LogP) is 1.41. The molecule has 0 aromatic carbocycles. The Morgan fingerprint density at radius 1 is 1.50 bits per heavy atom. The molecule has 6 nitrogen and oxygen atoms in total. The second-order valence-corrected chi connectivity index (χ2v) is 4.00. The van der Waals surface area contributed by atoms with Crippen LogP contribution in [-0.2, 0) is 9.47 Å². The summed E-state index contributed by atoms with van der Waals surface area (Å²) in [6.45, 7) is 4.41. The molecule has 18 heavy (non-hydrogen) atoms. The molecule has 1 rings (SSSR count). The molecule has 0 aliphatic rings. The maximum absolute atomic E-state index is 11.6. The normalized spacial score (nSPS) is 12.0. The van der Waals surface area contributed by atoms with Crippen LogP contribution in [0.4, 0.5) is 5.82 Å². The van der Waals surface area contributed by atoms with Gasteiger partial charge in [-0.25, -0.2) is 14.8 Å². The summed E-state index contributed by atoms with van der Waals surface area (Å²) in [4.78, 5) is 19.8. The first kappa shape index (κ1) is 14.4. The summed E-state index contributed by atoms with van der Waals surface area (Å²) in [6, 6.07) is 0.141. The molecule has 0 saturated carbocycles. The van der Waals surface area contributed by atoms with Gasteiger partial charge in [0.1, 0.15) is 17.2 Å². The summed E-state index contributed by atoms with van der Waals surface area (Å²) >= 11 is 0. The molecule has 0 amide bonds. The van der Waals surface area contributed by atoms with Crippen molar-refractivity contribution in [1.29, 1.82) is 0 Å². The summed E-state index contributed by atoms with van der Waals surface area (Å²) < 4.78 is 9.70. The van der Waals surface area contributed by atoms with Crippen molar-refractivity contribution >= 4 is 11.8 Å². The smallest absolute Gasteiger partial charge is 0.343 e. The molecule has 0 fully saturated rings. The van der Waals surface area contributed by atoms with Gasteiger partial charge in [0.25, 0.3) is 0 Å². The molecule has 0 spiro atoms. The Hall–Kier alpha value is -1.69. The monoisotopic (exact) mass is 253 g/mol. The van der Waals surface area contributed by atoms with Crippen LogP contribution in [0.25, 0.3) is 0 Å². The average Bonchev–Trinajstić information content (AvgIpc) is 2.35. The van der Waals surface area contributed by atoms with Gasteiger partial charge in [0.15, 0.2) is 0 Å². The number of aryl methyl sites for hydroxylation is 1. The van der Waals surface area contributed by atoms with Gasteiger partial charge in [-0.2, -0.15) is 0 Å². The molecule has 100 valence electrons. The highest BCUT2D eigenvalue weighted by molar-refractivity contribution is 5.94. The molecule has 1 unspecified atom stereocenters. The van der Waals surface area contributed by atoms with Gasteiger partial charge in [-0.15, -0.1) is 0 Å². The van der Waals surface area contributed by atoms with Crippen molar-refractivity contribution in [1.82, 2.24) is 9.97 Å². The molecule has 0 aliphatic carbocycles. The first-order valence-electron chi connectivity index (χ1n) is 5.76. The topological polar surface area (TPSA) is 73.3 Å². The number of methoxy groups -OCH3 is 2. The van der Waals surface area contributed by atoms with E-state index in [1.54, 1.807) is 14.0 Å². The van der Waals surface area contributed by atoms with Crippen molar-refractivity contribution in [3.63, 3.8) is 0 Å². The van der Waals surface area contributed by atoms with Crippen molar-refractivity contribution in [3.05, 3.63) is 17.6 Å². The van der Waals surface area contributed by atoms with E-state index in [2.05, 4.69) is 15.3 Å². The molecular formula is C12H19N3O3. The molecule has 0 bridgehead atoms. The second-order valence-electron chi connectivity index (χ2n) is 4.00. The van der Waals surface area contributed by atoms with Crippen LogP contribution >= 0.6 is 0 Å². The minimum absolute atomic E-state index is 0.141. The van der Waals surface area contributed by atoms with Crippen molar-refractivity contribution in [2.45, 2.75) is 26.3 Å². The van der Waals surface area contributed by atoms with Gasteiger partial charge in [0, 0.05) is 26.0 Å². The minimum atomic E-state index is -0.448. The Kier molecular flexibility index (Phi) is 5.51. The molecular weight excluding hydrogens is 234 g/mol. The molecule has 0 aliphatic heterocycles. The fourth-order valence-corrected chi connectivity index (χ4v) is 1.44. The lowest BCUT2D eigenvalue weighted by molar-refractivity contribution is 0.0601. The lowest BCUT2D eigenvalue weighted by atomic mass is 10.2. The maximum atomic E-state index is 11.6. The van der Waals surface area contributed by atoms with E-state index in [0.29, 0.717) is 23.8 Å². The average molecular weight is 253 g/mol. The fourth-order valence-electron chi connectivity index (χ4n) is 1.44. The molecule has 1 aromatic heterocycles. The van der Waals surface area contributed by atoms with Crippen LogP contribution in [0.15, 0.2) is 6.20 Å². The number of esters is 1. The zero-order valence-corrected chi connectivity index (χ0v) is 11.2. The molecule has 0 radical (unpaired) electrons. The second kappa shape index (κ2) is 6.90. The first-order chi connectivity index (χ1) is 8.58. The Balaban J connectivity index is 2.85. The van der Waals surface area contributed by atoms with Crippen LogP contribution in [0.3, 0.4) is 0 Å². The van der Waals surface area contributed by atoms with Crippen molar-refractivity contribution in [3.8, 4) is 0 Å². The number of nitrogens with zero attached hydrogens (tertiary/aromatic N) is 2. The zero-order chi connectivity index (χ0) is 13.5. The van der Waals surface area contributed by atoms with Crippen LogP contribution in [0.5, 0.6) is 0 Å². The number of hydrogen-bond donors (Lipinski definition) is 1. The van der Waals surface area contributed by atoms with Gasteiger partial charge in [-0.1, -0.05) is 0 Å². The third-order valence-electron chi connectivity index (χ3n) is 2.45. The summed E-state index contributed by atoms with van der Waals surface area (Å²) in [6.07, 6.45) is 2.29. The van der Waals surface area contributed by atoms with Crippen molar-refractivity contribution < 1.29 is 14.3 Å². The quantitative estimate of drug-likeness (QED) is 0.773. The van der Waals surface area contributed by atoms with Crippen LogP contribution in [0.1, 0.15) is 29.5 Å². The van der Waals surface area contributed by atoms with Gasteiger partial charge < -0.3 is 14.8 Å². The zero-order valence-electron chi connectivity index (χ0n) is 11.2. The minimum Gasteiger partial charge on any atom is -0.465 e. The molecule has 0 saturated heterocycles. The largest absolute Gasteiger partial charge is 0.465 e. The Bertz CT molecular complexity index is 410. The number of ether oxygens (including phenoxy) is 2. The standard InChI is InChI=1S/C12H19N3O3/c1-8(5-6-17-3)14-11-10(12(16)18-4)7-13-9(2)15-11/h7-8H,5-6H2,1-4H3,(H,13,14,15). The van der Waals surface area contributed by atoms with Gasteiger partial charge in [-0.3, -0.25) is 0 Å². The molecule has 1 heterocycles. The lowest BCUT2D eigenvalue weighted by Gasteiger charge is -2.16. The van der Waals surface area contributed by atoms with E-state index in [-0.39, 0.29) is 6.04 Å². The molecule has 1 N–H and O–H groups in total. The fraction of sp³-hybridized carbons (Fsp3) is 0.583. The number of hydrogen-bond acceptors (Lipinski definition) is 6. The number of carbonyl (C=O) groups excluding carboxylic acids is 1. The molecule has 6 heteroatoms. The summed E-state index contributed by atoms with van der Waals surface area (Å²) in [5, 5.41) is 3.17. The van der Waals surface area contributed by atoms with Gasteiger partial charge in [-0.05, 0) is 20.3 Å². The van der Waals surface area contributed by atoms with Crippen molar-refractivity contribution in [2.24, 2.45) is 0 Å². The number of nitrogens with one attached hydrogen (secondary N) is 1. The van der Waals surface area contributed by atoms with E-state index in [1.165, 1.54) is 13.3 Å². The molecule has 1 atom stereocenters. The van der Waals surface area contributed by atoms with Crippen molar-refractivity contribution in [2.75, 3.05) is 26.1 Å². The highest BCUT2D eigenvalue weighted by atomic mass is 16.5. The SMILES string of the molecule is COCCC(C)Nc1nc(C)ncc1C(=O)OC. The third-order valence-corrected chi connectivity index (χ3v) is 2.45. The van der Waals surface area contributed by atoms with E-state index in [0.717, 1.165) is 6.42 Å². The summed E-state index contributed by atoms with van der Waals surface area (Å²) in [7, 11) is 2.99. The Morgan fingerprint density at radius 3 is 2.83 bits per heavy atom. The van der Waals surface area contributed by atoms with Gasteiger partial charge >= 0.3 is 5.97 Å². The predicted molar refractivity (Wildman–Crippen MR) is 67.7 cm³/mol. The van der Waals surface area contributed by atoms with Crippen LogP contribution in [0, 0.1) is 6.92 Å². The third kappa shape index (κ3) is 3.96. The van der Waals surface area contributed by atoms with Gasteiger partial charge in [0.05, 0.1) is 7.11 Å². The highest BCUT2D eigenvalue weighted by Gasteiger charge is 2.15. The van der Waals surface area contributed by atoms with E-state index in [1.807, 2.05) is 6.92 Å². The van der Waals surface area contributed by atoms with Crippen LogP contribution in [0.2, 0.25) is 0 Å². The summed E-state index contributed by atoms with van der Waals surface area (Å²) in [5.41, 5.74) is 0.340. The first-order valence-corrected chi connectivity index (χ1v) is 5.76. The number of rotatable bonds is 6. The molecule has 1 aromatic rings. The Labute approximate surface area is 107 Å². The maximum Gasteiger partial charge on any atom is 0.343 e. The lowest BCUT2D eigenvalue weighted by Crippen LogP contribution is -2.21. The number of aromatic nitrogens is 2. The van der Waals surface area contributed by atoms with E-state index >= 15 is 0 Å². The Morgan fingerprint density at radius 2 is 2.22 bits per heavy atom. The van der Waals surface area contributed by atoms with E-state index < -0.39 is 5.97 Å². The summed E-state index contributed by atoms with van der Waals surface area (Å²) in [5.74, 6) is 0.651. The number of carbonyl (C=O) groups is 1. The van der Waals surface area contributed by atoms with Crippen LogP contribution in [-0.4, -0.2) is 42.8 Å². The van der Waals surface area contributed by atoms with E-state index in [9.17, 15) is 4.79 Å².